The summed E-state index contributed by atoms with van der Waals surface area (Å²) in [6, 6.07) is 57.7. The van der Waals surface area contributed by atoms with Gasteiger partial charge in [0, 0.05) is 85.5 Å². The minimum atomic E-state index is 0.146. The van der Waals surface area contributed by atoms with Crippen LogP contribution in [0.5, 0.6) is 17.2 Å². The molecule has 81 heavy (non-hydrogen) atoms. The van der Waals surface area contributed by atoms with Crippen molar-refractivity contribution in [3.05, 3.63) is 220 Å². The number of piperidine rings is 2. The third-order valence-corrected chi connectivity index (χ3v) is 17.0. The van der Waals surface area contributed by atoms with Gasteiger partial charge < -0.3 is 33.9 Å². The van der Waals surface area contributed by atoms with Gasteiger partial charge in [-0.25, -0.2) is 0 Å². The number of H-pyrrole nitrogens is 3. The van der Waals surface area contributed by atoms with Gasteiger partial charge in [0.1, 0.15) is 17.2 Å². The Morgan fingerprint density at radius 2 is 0.975 bits per heavy atom. The second-order valence-electron chi connectivity index (χ2n) is 21.5. The molecule has 0 spiro atoms. The quantitative estimate of drug-likeness (QED) is 0.0999. The highest BCUT2D eigenvalue weighted by Gasteiger charge is 2.33. The third-order valence-electron chi connectivity index (χ3n) is 16.8. The van der Waals surface area contributed by atoms with Crippen molar-refractivity contribution in [1.82, 2.24) is 29.7 Å². The number of aromatic amines is 3. The number of rotatable bonds is 14. The highest BCUT2D eigenvalue weighted by Crippen LogP contribution is 2.45. The molecule has 0 radical (unpaired) electrons. The summed E-state index contributed by atoms with van der Waals surface area (Å²) in [4.78, 5) is 18.4. The number of hydrogen-bond donors (Lipinski definition) is 3. The predicted molar refractivity (Wildman–Crippen MR) is 332 cm³/mol. The molecule has 3 unspecified atom stereocenters. The van der Waals surface area contributed by atoms with Crippen LogP contribution in [0.25, 0.3) is 44.0 Å². The van der Waals surface area contributed by atoms with E-state index in [1.165, 1.54) is 116 Å². The molecule has 418 valence electrons. The Bertz CT molecular complexity index is 3630. The first-order valence-electron chi connectivity index (χ1n) is 29.2. The van der Waals surface area contributed by atoms with E-state index in [0.29, 0.717) is 0 Å². The number of aryl methyl sites for hydroxylation is 1. The number of methoxy groups -OCH3 is 3. The molecule has 7 aromatic carbocycles. The zero-order chi connectivity index (χ0) is 55.5. The van der Waals surface area contributed by atoms with Crippen LogP contribution >= 0.6 is 11.6 Å². The molecule has 0 aliphatic carbocycles. The number of nitrogens with zero attached hydrogens (tertiary/aromatic N) is 3. The lowest BCUT2D eigenvalue weighted by Gasteiger charge is -2.36. The molecule has 3 fully saturated rings. The van der Waals surface area contributed by atoms with Crippen LogP contribution in [0.3, 0.4) is 0 Å². The monoisotopic (exact) mass is 1100 g/mol. The molecule has 3 saturated heterocycles. The maximum absolute atomic E-state index is 6.29. The van der Waals surface area contributed by atoms with Gasteiger partial charge in [-0.3, -0.25) is 14.7 Å². The summed E-state index contributed by atoms with van der Waals surface area (Å²) < 4.78 is 22.8. The second-order valence-corrected chi connectivity index (χ2v) is 21.9. The zero-order valence-corrected chi connectivity index (χ0v) is 48.2. The van der Waals surface area contributed by atoms with Gasteiger partial charge in [0.25, 0.3) is 0 Å². The lowest BCUT2D eigenvalue weighted by atomic mass is 9.90. The average molecular weight is 1100 g/mol. The molecule has 11 heteroatoms. The van der Waals surface area contributed by atoms with Crippen LogP contribution in [0.4, 0.5) is 0 Å². The Hall–Kier alpha value is -7.31. The Morgan fingerprint density at radius 3 is 1.58 bits per heavy atom. The van der Waals surface area contributed by atoms with Crippen LogP contribution in [0.15, 0.2) is 176 Å². The molecule has 0 amide bonds. The molecule has 3 aliphatic heterocycles. The molecule has 10 nitrogen and oxygen atoms in total. The van der Waals surface area contributed by atoms with Crippen LogP contribution in [0, 0.1) is 0 Å². The van der Waals surface area contributed by atoms with Gasteiger partial charge in [0.2, 0.25) is 0 Å². The van der Waals surface area contributed by atoms with E-state index in [9.17, 15) is 0 Å². The molecule has 6 heterocycles. The van der Waals surface area contributed by atoms with Crippen molar-refractivity contribution < 1.29 is 18.9 Å². The van der Waals surface area contributed by atoms with Gasteiger partial charge in [0.15, 0.2) is 0 Å². The van der Waals surface area contributed by atoms with Gasteiger partial charge in [-0.15, -0.1) is 0 Å². The van der Waals surface area contributed by atoms with Gasteiger partial charge >= 0.3 is 0 Å². The molecule has 10 aromatic rings. The molecule has 0 bridgehead atoms. The third kappa shape index (κ3) is 12.0. The van der Waals surface area contributed by atoms with Crippen molar-refractivity contribution in [2.24, 2.45) is 0 Å². The number of halogens is 1. The first-order chi connectivity index (χ1) is 40.0. The van der Waals surface area contributed by atoms with Gasteiger partial charge in [-0.05, 0) is 123 Å². The number of nitrogens with one attached hydrogen (secondary N) is 3. The van der Waals surface area contributed by atoms with E-state index in [1.54, 1.807) is 21.3 Å². The van der Waals surface area contributed by atoms with Crippen LogP contribution in [-0.4, -0.2) is 103 Å². The van der Waals surface area contributed by atoms with Crippen LogP contribution in [0.2, 0.25) is 5.02 Å². The molecule has 3 N–H and O–H groups in total. The van der Waals surface area contributed by atoms with E-state index in [4.69, 9.17) is 30.5 Å². The highest BCUT2D eigenvalue weighted by molar-refractivity contribution is 6.31. The van der Waals surface area contributed by atoms with Crippen molar-refractivity contribution >= 4 is 44.3 Å². The van der Waals surface area contributed by atoms with E-state index in [2.05, 4.69) is 188 Å². The largest absolute Gasteiger partial charge is 0.496 e. The van der Waals surface area contributed by atoms with Crippen molar-refractivity contribution in [3.8, 4) is 28.5 Å². The molecular formula is C70H77ClN6O4. The zero-order valence-electron chi connectivity index (χ0n) is 47.4. The smallest absolute Gasteiger partial charge is 0.123 e. The Morgan fingerprint density at radius 1 is 0.469 bits per heavy atom. The molecule has 13 rings (SSSR count). The van der Waals surface area contributed by atoms with Crippen LogP contribution < -0.4 is 14.2 Å². The fourth-order valence-corrected chi connectivity index (χ4v) is 13.1. The van der Waals surface area contributed by atoms with Gasteiger partial charge in [-0.2, -0.15) is 0 Å². The molecule has 0 saturated carbocycles. The van der Waals surface area contributed by atoms with E-state index < -0.39 is 0 Å². The van der Waals surface area contributed by atoms with E-state index >= 15 is 0 Å². The number of benzene rings is 7. The fraction of sp³-hybridized carbons (Fsp3) is 0.314. The summed E-state index contributed by atoms with van der Waals surface area (Å²) >= 11 is 6.29. The summed E-state index contributed by atoms with van der Waals surface area (Å²) in [6.07, 6.45) is 12.9. The number of morpholine rings is 1. The van der Waals surface area contributed by atoms with Crippen molar-refractivity contribution in [2.45, 2.75) is 70.0 Å². The maximum atomic E-state index is 6.29. The highest BCUT2D eigenvalue weighted by atomic mass is 35.5. The maximum Gasteiger partial charge on any atom is 0.123 e. The van der Waals surface area contributed by atoms with E-state index in [0.717, 1.165) is 86.7 Å². The van der Waals surface area contributed by atoms with Gasteiger partial charge in [-0.1, -0.05) is 153 Å². The van der Waals surface area contributed by atoms with Crippen molar-refractivity contribution in [2.75, 3.05) is 73.8 Å². The number of aromatic nitrogens is 3. The number of hydrogen-bond acceptors (Lipinski definition) is 7. The summed E-state index contributed by atoms with van der Waals surface area (Å²) in [5.41, 5.74) is 14.9. The second kappa shape index (κ2) is 26.5. The standard InChI is InChI=1S/C27H28N2O.C22H26N2O2.C21H23ClN2O/c1-30-24-17-9-7-15-22(24)27(29-18-10-3-11-19-29)25-21-14-6-8-16-23(21)28-26(25)20-12-4-2-5-13-20;1-3-16-7-6-9-17-19(15-23-21(16)17)22(24-11-13-26-14-12-24)18-8-4-5-10-20(18)25-2;1-25-20-8-4-3-7-16(20)21(24-11-5-2-6-12-24)18-14-23-19-10-9-15(22)13-17(18)19/h2,4-9,12-17,27-28H,3,10-11,18-19H2,1H3;4-10,15,22-23H,3,11-14H2,1-2H3;3-4,7-10,13-14,21,23H,2,5-6,11-12H2,1H3. The molecule has 3 aliphatic rings. The first kappa shape index (κ1) is 55.6. The number of ether oxygens (including phenoxy) is 4. The SMILES string of the molecule is CCc1cccc2c(C(c3ccccc3OC)N3CCOCC3)c[nH]c12.COc1ccccc1C(c1c(-c2ccccc2)[nH]c2ccccc12)N1CCCCC1.COc1ccccc1C(c1c[nH]c2ccc(Cl)cc12)N1CCCCC1. The predicted octanol–water partition coefficient (Wildman–Crippen LogP) is 16.0. The van der Waals surface area contributed by atoms with Crippen LogP contribution in [0.1, 0.15) is 103 Å². The normalized spacial score (nSPS) is 16.5. The first-order valence-corrected chi connectivity index (χ1v) is 29.6. The molecule has 3 aromatic heterocycles. The molecular weight excluding hydrogens is 1020 g/mol. The Balaban J connectivity index is 0.000000128. The lowest BCUT2D eigenvalue weighted by Crippen LogP contribution is -2.39. The Kier molecular flexibility index (Phi) is 18.2. The summed E-state index contributed by atoms with van der Waals surface area (Å²) in [5, 5.41) is 4.55. The fourth-order valence-electron chi connectivity index (χ4n) is 12.9. The van der Waals surface area contributed by atoms with Crippen molar-refractivity contribution in [1.29, 1.82) is 0 Å². The minimum Gasteiger partial charge on any atom is -0.496 e. The molecule has 3 atom stereocenters. The van der Waals surface area contributed by atoms with Crippen LogP contribution in [-0.2, 0) is 11.2 Å². The minimum absolute atomic E-state index is 0.146. The summed E-state index contributed by atoms with van der Waals surface area (Å²) in [5.74, 6) is 2.83. The van der Waals surface area contributed by atoms with Gasteiger partial charge in [0.05, 0.1) is 58.4 Å². The number of likely N-dealkylation sites (tertiary alicyclic amines) is 2. The number of fused-ring (bicyclic) bond motifs is 3. The summed E-state index contributed by atoms with van der Waals surface area (Å²) in [6.45, 7) is 10.0. The topological polar surface area (TPSA) is 94.0 Å². The van der Waals surface area contributed by atoms with Crippen molar-refractivity contribution in [3.63, 3.8) is 0 Å². The van der Waals surface area contributed by atoms with E-state index in [-0.39, 0.29) is 18.1 Å². The summed E-state index contributed by atoms with van der Waals surface area (Å²) in [7, 11) is 5.28. The number of para-hydroxylation sites is 5. The Labute approximate surface area is 483 Å². The van der Waals surface area contributed by atoms with E-state index in [1.807, 2.05) is 24.3 Å². The average Bonchev–Trinajstić information content (AvgIpc) is 4.49. The lowest BCUT2D eigenvalue weighted by molar-refractivity contribution is 0.0238.